The van der Waals surface area contributed by atoms with E-state index in [0.717, 1.165) is 0 Å². The first kappa shape index (κ1) is 22.7. The minimum atomic E-state index is -4.83. The first-order valence-corrected chi connectivity index (χ1v) is 10.3. The van der Waals surface area contributed by atoms with Gasteiger partial charge in [0.25, 0.3) is 0 Å². The lowest BCUT2D eigenvalue weighted by Crippen LogP contribution is -2.17. The van der Waals surface area contributed by atoms with Crippen LogP contribution in [0.4, 0.5) is 13.2 Å². The molecular formula is C23H19ClF3N5O. The molecule has 2 aromatic carbocycles. The molecule has 0 spiro atoms. The molecule has 4 aromatic rings. The second-order valence-electron chi connectivity index (χ2n) is 8.54. The first-order valence-electron chi connectivity index (χ1n) is 9.91. The highest BCUT2D eigenvalue weighted by atomic mass is 35.5. The molecule has 2 heterocycles. The maximum atomic E-state index is 12.9. The number of H-pyrrole nitrogens is 1. The van der Waals surface area contributed by atoms with E-state index in [1.807, 2.05) is 20.8 Å². The Morgan fingerprint density at radius 2 is 1.85 bits per heavy atom. The number of imidazole rings is 1. The molecular weight excluding hydrogens is 455 g/mol. The lowest BCUT2D eigenvalue weighted by molar-refractivity contribution is -0.274. The fourth-order valence-electron chi connectivity index (χ4n) is 3.69. The molecule has 0 amide bonds. The van der Waals surface area contributed by atoms with Gasteiger partial charge in [-0.2, -0.15) is 10.4 Å². The van der Waals surface area contributed by atoms with E-state index in [4.69, 9.17) is 11.6 Å². The monoisotopic (exact) mass is 473 g/mol. The Hall–Kier alpha value is -3.51. The Bertz CT molecular complexity index is 1410. The maximum Gasteiger partial charge on any atom is 0.573 e. The first-order chi connectivity index (χ1) is 15.4. The van der Waals surface area contributed by atoms with E-state index >= 15 is 0 Å². The van der Waals surface area contributed by atoms with Crippen LogP contribution in [0.2, 0.25) is 5.02 Å². The van der Waals surface area contributed by atoms with Gasteiger partial charge in [-0.3, -0.25) is 4.68 Å². The fourth-order valence-corrected chi connectivity index (χ4v) is 3.95. The smallest absolute Gasteiger partial charge is 0.405 e. The zero-order valence-electron chi connectivity index (χ0n) is 18.2. The van der Waals surface area contributed by atoms with E-state index in [9.17, 15) is 18.4 Å². The van der Waals surface area contributed by atoms with Crippen molar-refractivity contribution in [2.75, 3.05) is 0 Å². The Morgan fingerprint density at radius 1 is 1.15 bits per heavy atom. The number of alkyl halides is 3. The number of nitrogens with zero attached hydrogens (tertiary/aromatic N) is 4. The Balaban J connectivity index is 1.88. The van der Waals surface area contributed by atoms with Crippen LogP contribution in [0, 0.1) is 11.3 Å². The van der Waals surface area contributed by atoms with Crippen LogP contribution in [0.1, 0.15) is 32.0 Å². The number of benzene rings is 2. The number of nitrogens with one attached hydrogen (secondary N) is 1. The maximum absolute atomic E-state index is 12.9. The molecule has 33 heavy (non-hydrogen) atoms. The van der Waals surface area contributed by atoms with Gasteiger partial charge in [0.1, 0.15) is 28.6 Å². The van der Waals surface area contributed by atoms with Crippen molar-refractivity contribution in [2.45, 2.75) is 32.5 Å². The molecule has 10 heteroatoms. The van der Waals surface area contributed by atoms with Crippen molar-refractivity contribution in [3.63, 3.8) is 0 Å². The summed E-state index contributed by atoms with van der Waals surface area (Å²) in [6.45, 7) is 5.88. The van der Waals surface area contributed by atoms with Gasteiger partial charge >= 0.3 is 6.36 Å². The summed E-state index contributed by atoms with van der Waals surface area (Å²) in [5.74, 6) is 0.0410. The van der Waals surface area contributed by atoms with Gasteiger partial charge in [0, 0.05) is 18.0 Å². The van der Waals surface area contributed by atoms with E-state index < -0.39 is 6.36 Å². The van der Waals surface area contributed by atoms with Crippen LogP contribution in [0.3, 0.4) is 0 Å². The van der Waals surface area contributed by atoms with Crippen LogP contribution in [0.15, 0.2) is 36.4 Å². The standard InChI is InChI=1S/C23H19ClF3N5O/c1-22(2,3)20-14(11-28)19(32(4)31-20)21-29-16-10-12(9-15(24)18(16)30-21)13-7-5-6-8-17(13)33-23(25,26)27/h5-10H,1-4H3,(H,29,30). The predicted molar refractivity (Wildman–Crippen MR) is 119 cm³/mol. The van der Waals surface area contributed by atoms with Crippen LogP contribution in [-0.4, -0.2) is 26.1 Å². The molecule has 0 aliphatic carbocycles. The third kappa shape index (κ3) is 4.26. The van der Waals surface area contributed by atoms with Gasteiger partial charge in [0.05, 0.1) is 16.2 Å². The number of fused-ring (bicyclic) bond motifs is 1. The van der Waals surface area contributed by atoms with Crippen LogP contribution >= 0.6 is 11.6 Å². The highest BCUT2D eigenvalue weighted by Crippen LogP contribution is 2.38. The number of hydrogen-bond donors (Lipinski definition) is 1. The predicted octanol–water partition coefficient (Wildman–Crippen LogP) is 6.35. The van der Waals surface area contributed by atoms with Crippen LogP contribution in [0.5, 0.6) is 5.75 Å². The van der Waals surface area contributed by atoms with Gasteiger partial charge in [-0.25, -0.2) is 4.98 Å². The summed E-state index contributed by atoms with van der Waals surface area (Å²) in [6, 6.07) is 11.2. The molecule has 4 rings (SSSR count). The second kappa shape index (κ2) is 7.81. The van der Waals surface area contributed by atoms with Crippen molar-refractivity contribution in [2.24, 2.45) is 7.05 Å². The largest absolute Gasteiger partial charge is 0.573 e. The normalized spacial score (nSPS) is 12.2. The van der Waals surface area contributed by atoms with Crippen molar-refractivity contribution in [3.05, 3.63) is 52.7 Å². The van der Waals surface area contributed by atoms with Crippen LogP contribution in [0.25, 0.3) is 33.7 Å². The molecule has 0 saturated heterocycles. The molecule has 0 bridgehead atoms. The summed E-state index contributed by atoms with van der Waals surface area (Å²) in [5.41, 5.74) is 2.73. The van der Waals surface area contributed by atoms with Crippen molar-refractivity contribution in [1.82, 2.24) is 19.7 Å². The summed E-state index contributed by atoms with van der Waals surface area (Å²) >= 11 is 6.46. The number of halogens is 4. The number of ether oxygens (including phenoxy) is 1. The number of aryl methyl sites for hydroxylation is 1. The van der Waals surface area contributed by atoms with Gasteiger partial charge in [0.2, 0.25) is 0 Å². The molecule has 0 atom stereocenters. The number of para-hydroxylation sites is 1. The highest BCUT2D eigenvalue weighted by Gasteiger charge is 2.32. The minimum absolute atomic E-state index is 0.225. The van der Waals surface area contributed by atoms with Crippen molar-refractivity contribution >= 4 is 22.6 Å². The van der Waals surface area contributed by atoms with Crippen molar-refractivity contribution in [1.29, 1.82) is 5.26 Å². The zero-order chi connectivity index (χ0) is 24.1. The molecule has 0 fully saturated rings. The average molecular weight is 474 g/mol. The van der Waals surface area contributed by atoms with Crippen molar-refractivity contribution < 1.29 is 17.9 Å². The molecule has 0 unspecified atom stereocenters. The molecule has 170 valence electrons. The van der Waals surface area contributed by atoms with Gasteiger partial charge < -0.3 is 9.72 Å². The zero-order valence-corrected chi connectivity index (χ0v) is 18.9. The van der Waals surface area contributed by atoms with Crippen LogP contribution < -0.4 is 4.74 Å². The van der Waals surface area contributed by atoms with Crippen molar-refractivity contribution in [3.8, 4) is 34.5 Å². The van der Waals surface area contributed by atoms with Gasteiger partial charge in [-0.1, -0.05) is 50.6 Å². The highest BCUT2D eigenvalue weighted by molar-refractivity contribution is 6.35. The minimum Gasteiger partial charge on any atom is -0.405 e. The van der Waals surface area contributed by atoms with Gasteiger partial charge in [0.15, 0.2) is 5.82 Å². The Morgan fingerprint density at radius 3 is 2.48 bits per heavy atom. The summed E-state index contributed by atoms with van der Waals surface area (Å²) in [4.78, 5) is 7.69. The summed E-state index contributed by atoms with van der Waals surface area (Å²) in [7, 11) is 1.72. The fraction of sp³-hybridized carbons (Fsp3) is 0.261. The Labute approximate surface area is 192 Å². The quantitative estimate of drug-likeness (QED) is 0.376. The van der Waals surface area contributed by atoms with Gasteiger partial charge in [-0.15, -0.1) is 13.2 Å². The summed E-state index contributed by atoms with van der Waals surface area (Å²) < 4.78 is 44.3. The average Bonchev–Trinajstić information content (AvgIpc) is 3.27. The number of aromatic nitrogens is 4. The van der Waals surface area contributed by atoms with Gasteiger partial charge in [-0.05, 0) is 23.8 Å². The van der Waals surface area contributed by atoms with E-state index in [2.05, 4.69) is 25.9 Å². The Kier molecular flexibility index (Phi) is 5.37. The van der Waals surface area contributed by atoms with E-state index in [1.165, 1.54) is 24.3 Å². The second-order valence-corrected chi connectivity index (χ2v) is 8.95. The molecule has 0 aliphatic heterocycles. The van der Waals surface area contributed by atoms with E-state index in [1.54, 1.807) is 23.9 Å². The molecule has 1 N–H and O–H groups in total. The molecule has 2 aromatic heterocycles. The van der Waals surface area contributed by atoms with E-state index in [-0.39, 0.29) is 21.8 Å². The SMILES string of the molecule is Cn1nc(C(C)(C)C)c(C#N)c1-c1nc2c(Cl)cc(-c3ccccc3OC(F)(F)F)cc2[nH]1. The topological polar surface area (TPSA) is 79.5 Å². The lowest BCUT2D eigenvalue weighted by atomic mass is 9.89. The number of rotatable bonds is 3. The molecule has 0 aliphatic rings. The van der Waals surface area contributed by atoms with Crippen LogP contribution in [-0.2, 0) is 12.5 Å². The molecule has 0 saturated carbocycles. The summed E-state index contributed by atoms with van der Waals surface area (Å²) in [6.07, 6.45) is -4.83. The molecule has 6 nitrogen and oxygen atoms in total. The third-order valence-electron chi connectivity index (χ3n) is 5.06. The number of nitriles is 1. The third-order valence-corrected chi connectivity index (χ3v) is 5.35. The summed E-state index contributed by atoms with van der Waals surface area (Å²) in [5, 5.41) is 14.6. The van der Waals surface area contributed by atoms with E-state index in [0.29, 0.717) is 39.4 Å². The number of aromatic amines is 1. The molecule has 0 radical (unpaired) electrons. The lowest BCUT2D eigenvalue weighted by Gasteiger charge is -2.15. The number of hydrogen-bond acceptors (Lipinski definition) is 4.